The van der Waals surface area contributed by atoms with E-state index in [0.717, 1.165) is 5.56 Å². The Bertz CT molecular complexity index is 1080. The molecule has 0 aliphatic carbocycles. The lowest BCUT2D eigenvalue weighted by Crippen LogP contribution is -2.11. The SMILES string of the molecule is NC(=O)c1cccc2c(-c3nncc(NCc4ccccc4)n3)onc12. The van der Waals surface area contributed by atoms with Crippen LogP contribution in [-0.2, 0) is 6.54 Å². The van der Waals surface area contributed by atoms with Crippen LogP contribution in [0.2, 0.25) is 0 Å². The van der Waals surface area contributed by atoms with Crippen molar-refractivity contribution in [3.63, 3.8) is 0 Å². The number of nitrogens with two attached hydrogens (primary N) is 1. The number of rotatable bonds is 5. The Morgan fingerprint density at radius 1 is 1.12 bits per heavy atom. The molecule has 0 saturated heterocycles. The number of amides is 1. The monoisotopic (exact) mass is 346 g/mol. The smallest absolute Gasteiger partial charge is 0.251 e. The molecule has 2 aromatic heterocycles. The Kier molecular flexibility index (Phi) is 3.98. The molecule has 8 nitrogen and oxygen atoms in total. The number of nitrogens with zero attached hydrogens (tertiary/aromatic N) is 4. The molecule has 0 aliphatic heterocycles. The van der Waals surface area contributed by atoms with Crippen LogP contribution in [0.4, 0.5) is 5.82 Å². The number of hydrogen-bond donors (Lipinski definition) is 2. The van der Waals surface area contributed by atoms with Crippen molar-refractivity contribution < 1.29 is 9.32 Å². The average Bonchev–Trinajstić information content (AvgIpc) is 3.11. The molecular formula is C18H14N6O2. The molecule has 3 N–H and O–H groups in total. The third-order valence-electron chi connectivity index (χ3n) is 3.85. The van der Waals surface area contributed by atoms with Gasteiger partial charge in [0.15, 0.2) is 0 Å². The number of benzene rings is 2. The normalized spacial score (nSPS) is 10.8. The van der Waals surface area contributed by atoms with Crippen molar-refractivity contribution in [2.45, 2.75) is 6.54 Å². The molecule has 0 unspecified atom stereocenters. The Morgan fingerprint density at radius 2 is 1.96 bits per heavy atom. The highest BCUT2D eigenvalue weighted by atomic mass is 16.5. The van der Waals surface area contributed by atoms with Crippen molar-refractivity contribution in [3.05, 3.63) is 65.9 Å². The quantitative estimate of drug-likeness (QED) is 0.569. The first-order chi connectivity index (χ1) is 12.7. The van der Waals surface area contributed by atoms with Gasteiger partial charge < -0.3 is 15.6 Å². The van der Waals surface area contributed by atoms with Gasteiger partial charge in [0.05, 0.1) is 17.1 Å². The summed E-state index contributed by atoms with van der Waals surface area (Å²) in [6, 6.07) is 15.0. The van der Waals surface area contributed by atoms with E-state index in [1.807, 2.05) is 30.3 Å². The summed E-state index contributed by atoms with van der Waals surface area (Å²) in [5.74, 6) is 0.577. The predicted octanol–water partition coefficient (Wildman–Crippen LogP) is 2.39. The predicted molar refractivity (Wildman–Crippen MR) is 95.1 cm³/mol. The van der Waals surface area contributed by atoms with Crippen LogP contribution in [0.1, 0.15) is 15.9 Å². The van der Waals surface area contributed by atoms with Crippen LogP contribution in [0.25, 0.3) is 22.5 Å². The van der Waals surface area contributed by atoms with Crippen molar-refractivity contribution in [1.29, 1.82) is 0 Å². The number of anilines is 1. The molecule has 1 amide bonds. The molecule has 26 heavy (non-hydrogen) atoms. The lowest BCUT2D eigenvalue weighted by Gasteiger charge is -2.05. The van der Waals surface area contributed by atoms with E-state index in [1.54, 1.807) is 18.2 Å². The lowest BCUT2D eigenvalue weighted by molar-refractivity contribution is 0.100. The minimum absolute atomic E-state index is 0.271. The third kappa shape index (κ3) is 2.95. The molecule has 128 valence electrons. The first kappa shape index (κ1) is 15.7. The van der Waals surface area contributed by atoms with Gasteiger partial charge in [-0.3, -0.25) is 4.79 Å². The zero-order valence-electron chi connectivity index (χ0n) is 13.6. The van der Waals surface area contributed by atoms with E-state index < -0.39 is 5.91 Å². The number of nitrogens with one attached hydrogen (secondary N) is 1. The molecule has 0 bridgehead atoms. The maximum absolute atomic E-state index is 11.5. The fourth-order valence-electron chi connectivity index (χ4n) is 2.60. The van der Waals surface area contributed by atoms with E-state index in [2.05, 4.69) is 25.7 Å². The minimum Gasteiger partial charge on any atom is -0.366 e. The van der Waals surface area contributed by atoms with Crippen LogP contribution in [-0.4, -0.2) is 26.2 Å². The topological polar surface area (TPSA) is 120 Å². The van der Waals surface area contributed by atoms with Crippen molar-refractivity contribution in [3.8, 4) is 11.6 Å². The molecule has 0 saturated carbocycles. The van der Waals surface area contributed by atoms with Gasteiger partial charge in [0.25, 0.3) is 5.91 Å². The fourth-order valence-corrected chi connectivity index (χ4v) is 2.60. The van der Waals surface area contributed by atoms with Crippen LogP contribution in [0.3, 0.4) is 0 Å². The van der Waals surface area contributed by atoms with Gasteiger partial charge in [-0.15, -0.1) is 5.10 Å². The first-order valence-electron chi connectivity index (χ1n) is 7.88. The Balaban J connectivity index is 1.65. The Labute approximate surface area is 148 Å². The van der Waals surface area contributed by atoms with E-state index in [1.165, 1.54) is 6.20 Å². The zero-order valence-corrected chi connectivity index (χ0v) is 13.6. The Hall–Kier alpha value is -3.81. The fraction of sp³-hybridized carbons (Fsp3) is 0.0556. The number of carbonyl (C=O) groups is 1. The highest BCUT2D eigenvalue weighted by molar-refractivity contribution is 6.07. The summed E-state index contributed by atoms with van der Waals surface area (Å²) in [5.41, 5.74) is 7.14. The van der Waals surface area contributed by atoms with Crippen molar-refractivity contribution in [2.75, 3.05) is 5.32 Å². The highest BCUT2D eigenvalue weighted by Crippen LogP contribution is 2.28. The van der Waals surface area contributed by atoms with Gasteiger partial charge in [0.1, 0.15) is 11.3 Å². The molecule has 8 heteroatoms. The largest absolute Gasteiger partial charge is 0.366 e. The molecule has 0 atom stereocenters. The number of hydrogen-bond acceptors (Lipinski definition) is 7. The van der Waals surface area contributed by atoms with Crippen molar-refractivity contribution in [1.82, 2.24) is 20.3 Å². The summed E-state index contributed by atoms with van der Waals surface area (Å²) >= 11 is 0. The molecule has 0 radical (unpaired) electrons. The molecular weight excluding hydrogens is 332 g/mol. The number of primary amides is 1. The van der Waals surface area contributed by atoms with Gasteiger partial charge in [-0.1, -0.05) is 41.6 Å². The summed E-state index contributed by atoms with van der Waals surface area (Å²) in [6.07, 6.45) is 1.53. The van der Waals surface area contributed by atoms with Crippen LogP contribution in [0.15, 0.2) is 59.3 Å². The molecule has 0 fully saturated rings. The summed E-state index contributed by atoms with van der Waals surface area (Å²) in [7, 11) is 0. The lowest BCUT2D eigenvalue weighted by atomic mass is 10.1. The van der Waals surface area contributed by atoms with Crippen LogP contribution >= 0.6 is 0 Å². The first-order valence-corrected chi connectivity index (χ1v) is 7.88. The van der Waals surface area contributed by atoms with E-state index in [9.17, 15) is 4.79 Å². The maximum Gasteiger partial charge on any atom is 0.251 e. The minimum atomic E-state index is -0.576. The van der Waals surface area contributed by atoms with E-state index in [-0.39, 0.29) is 11.4 Å². The summed E-state index contributed by atoms with van der Waals surface area (Å²) in [6.45, 7) is 0.599. The van der Waals surface area contributed by atoms with Crippen LogP contribution in [0.5, 0.6) is 0 Å². The van der Waals surface area contributed by atoms with Crippen molar-refractivity contribution >= 4 is 22.6 Å². The number of aromatic nitrogens is 4. The Morgan fingerprint density at radius 3 is 2.77 bits per heavy atom. The second-order valence-corrected chi connectivity index (χ2v) is 5.58. The average molecular weight is 346 g/mol. The summed E-state index contributed by atoms with van der Waals surface area (Å²) < 4.78 is 5.36. The second kappa shape index (κ2) is 6.60. The number of fused-ring (bicyclic) bond motifs is 1. The third-order valence-corrected chi connectivity index (χ3v) is 3.85. The van der Waals surface area contributed by atoms with E-state index in [0.29, 0.717) is 29.0 Å². The van der Waals surface area contributed by atoms with Crippen LogP contribution in [0, 0.1) is 0 Å². The second-order valence-electron chi connectivity index (χ2n) is 5.58. The van der Waals surface area contributed by atoms with Gasteiger partial charge in [0, 0.05) is 6.54 Å². The standard InChI is InChI=1S/C18H14N6O2/c19-17(25)13-8-4-7-12-15(13)24-26-16(12)18-22-14(10-21-23-18)20-9-11-5-2-1-3-6-11/h1-8,10H,9H2,(H2,19,25)(H,20,22,23). The number of carbonyl (C=O) groups excluding carboxylic acids is 1. The molecule has 0 aliphatic rings. The maximum atomic E-state index is 11.5. The molecule has 4 rings (SSSR count). The van der Waals surface area contributed by atoms with E-state index >= 15 is 0 Å². The summed E-state index contributed by atoms with van der Waals surface area (Å²) in [5, 5.41) is 15.7. The molecule has 4 aromatic rings. The van der Waals surface area contributed by atoms with Gasteiger partial charge >= 0.3 is 0 Å². The van der Waals surface area contributed by atoms with Gasteiger partial charge in [-0.25, -0.2) is 4.98 Å². The molecule has 2 aromatic carbocycles. The highest BCUT2D eigenvalue weighted by Gasteiger charge is 2.18. The molecule has 2 heterocycles. The molecule has 0 spiro atoms. The zero-order chi connectivity index (χ0) is 17.9. The van der Waals surface area contributed by atoms with Gasteiger partial charge in [-0.2, -0.15) is 5.10 Å². The van der Waals surface area contributed by atoms with Crippen LogP contribution < -0.4 is 11.1 Å². The van der Waals surface area contributed by atoms with Gasteiger partial charge in [-0.05, 0) is 17.7 Å². The van der Waals surface area contributed by atoms with Gasteiger partial charge in [0.2, 0.25) is 11.6 Å². The van der Waals surface area contributed by atoms with E-state index in [4.69, 9.17) is 10.3 Å². The van der Waals surface area contributed by atoms with Crippen molar-refractivity contribution in [2.24, 2.45) is 5.73 Å². The summed E-state index contributed by atoms with van der Waals surface area (Å²) in [4.78, 5) is 15.9.